The summed E-state index contributed by atoms with van der Waals surface area (Å²) in [5, 5.41) is 5.48. The summed E-state index contributed by atoms with van der Waals surface area (Å²) in [6, 6.07) is 6.90. The molecule has 0 aliphatic carbocycles. The van der Waals surface area contributed by atoms with Crippen molar-refractivity contribution < 1.29 is 13.6 Å². The van der Waals surface area contributed by atoms with Crippen molar-refractivity contribution in [3.8, 4) is 11.3 Å². The first-order chi connectivity index (χ1) is 16.0. The van der Waals surface area contributed by atoms with Crippen molar-refractivity contribution in [1.82, 2.24) is 24.6 Å². The molecule has 0 N–H and O–H groups in total. The second-order valence-electron chi connectivity index (χ2n) is 8.76. The number of halogens is 2. The highest BCUT2D eigenvalue weighted by Crippen LogP contribution is 2.45. The number of piperidine rings is 1. The lowest BCUT2D eigenvalue weighted by Gasteiger charge is -2.45. The van der Waals surface area contributed by atoms with Gasteiger partial charge in [-0.05, 0) is 49.9 Å². The van der Waals surface area contributed by atoms with Crippen molar-refractivity contribution in [1.29, 1.82) is 0 Å². The second kappa shape index (κ2) is 7.43. The number of aromatic nitrogens is 4. The second-order valence-corrected chi connectivity index (χ2v) is 8.76. The molecule has 3 aromatic heterocycles. The number of carbonyl (C=O) groups excluding carboxylic acids is 1. The number of nitrogens with zero attached hydrogens (tertiary/aromatic N) is 5. The molecule has 2 atom stereocenters. The van der Waals surface area contributed by atoms with Crippen LogP contribution in [0.2, 0.25) is 0 Å². The number of hydrogen-bond acceptors (Lipinski definition) is 4. The van der Waals surface area contributed by atoms with Crippen molar-refractivity contribution in [2.45, 2.75) is 37.8 Å². The molecule has 0 unspecified atom stereocenters. The normalized spacial score (nSPS) is 19.5. The Hall–Kier alpha value is -3.68. The van der Waals surface area contributed by atoms with Gasteiger partial charge in [0.25, 0.3) is 5.91 Å². The summed E-state index contributed by atoms with van der Waals surface area (Å²) in [7, 11) is 1.79. The summed E-state index contributed by atoms with van der Waals surface area (Å²) >= 11 is 0. The molecule has 0 spiro atoms. The number of aryl methyl sites for hydroxylation is 1. The summed E-state index contributed by atoms with van der Waals surface area (Å²) in [6.45, 7) is 0. The van der Waals surface area contributed by atoms with Gasteiger partial charge in [0.1, 0.15) is 11.6 Å². The van der Waals surface area contributed by atoms with Crippen molar-refractivity contribution in [2.24, 2.45) is 7.05 Å². The molecular weight excluding hydrogens is 424 g/mol. The number of fused-ring (bicyclic) bond motifs is 5. The molecule has 1 fully saturated rings. The monoisotopic (exact) mass is 445 g/mol. The number of carbonyl (C=O) groups is 1. The van der Waals surface area contributed by atoms with Gasteiger partial charge in [-0.1, -0.05) is 0 Å². The van der Waals surface area contributed by atoms with E-state index in [4.69, 9.17) is 5.10 Å². The lowest BCUT2D eigenvalue weighted by molar-refractivity contribution is 0.0394. The lowest BCUT2D eigenvalue weighted by Crippen LogP contribution is -2.49. The van der Waals surface area contributed by atoms with Gasteiger partial charge in [0.15, 0.2) is 0 Å². The van der Waals surface area contributed by atoms with Crippen molar-refractivity contribution >= 4 is 16.8 Å². The molecule has 4 aromatic rings. The smallest absolute Gasteiger partial charge is 0.255 e. The van der Waals surface area contributed by atoms with Crippen LogP contribution in [0, 0.1) is 11.6 Å². The van der Waals surface area contributed by atoms with Crippen LogP contribution in [0.4, 0.5) is 8.78 Å². The molecule has 0 radical (unpaired) electrons. The van der Waals surface area contributed by atoms with Gasteiger partial charge in [0.2, 0.25) is 0 Å². The third-order valence-corrected chi connectivity index (χ3v) is 6.82. The fraction of sp³-hybridized carbons (Fsp3) is 0.280. The van der Waals surface area contributed by atoms with E-state index in [-0.39, 0.29) is 18.0 Å². The van der Waals surface area contributed by atoms with Crippen molar-refractivity contribution in [3.63, 3.8) is 0 Å². The van der Waals surface area contributed by atoms with Crippen LogP contribution in [0.3, 0.4) is 0 Å². The Morgan fingerprint density at radius 3 is 2.73 bits per heavy atom. The molecule has 1 saturated heterocycles. The van der Waals surface area contributed by atoms with E-state index in [2.05, 4.69) is 9.97 Å². The van der Waals surface area contributed by atoms with Gasteiger partial charge in [-0.15, -0.1) is 0 Å². The van der Waals surface area contributed by atoms with Crippen molar-refractivity contribution in [2.75, 3.05) is 0 Å². The average Bonchev–Trinajstić information content (AvgIpc) is 3.13. The van der Waals surface area contributed by atoms with Gasteiger partial charge in [-0.25, -0.2) is 8.78 Å². The maximum absolute atomic E-state index is 14.0. The maximum Gasteiger partial charge on any atom is 0.255 e. The molecular formula is C25H21F2N5O. The zero-order chi connectivity index (χ0) is 22.7. The van der Waals surface area contributed by atoms with Crippen molar-refractivity contribution in [3.05, 3.63) is 77.4 Å². The van der Waals surface area contributed by atoms with Crippen LogP contribution in [0.15, 0.2) is 48.9 Å². The summed E-state index contributed by atoms with van der Waals surface area (Å²) in [6.07, 6.45) is 8.25. The first kappa shape index (κ1) is 20.0. The number of benzene rings is 1. The third kappa shape index (κ3) is 3.12. The Morgan fingerprint density at radius 2 is 1.91 bits per heavy atom. The fourth-order valence-corrected chi connectivity index (χ4v) is 5.52. The van der Waals surface area contributed by atoms with E-state index in [9.17, 15) is 13.6 Å². The molecule has 1 aromatic carbocycles. The quantitative estimate of drug-likeness (QED) is 0.452. The molecule has 2 aliphatic heterocycles. The van der Waals surface area contributed by atoms with E-state index in [0.717, 1.165) is 47.5 Å². The van der Waals surface area contributed by atoms with Gasteiger partial charge in [0.05, 0.1) is 28.5 Å². The Morgan fingerprint density at radius 1 is 1.09 bits per heavy atom. The first-order valence-corrected chi connectivity index (χ1v) is 11.0. The fourth-order valence-electron chi connectivity index (χ4n) is 5.52. The Bertz CT molecular complexity index is 1390. The van der Waals surface area contributed by atoms with Crippen LogP contribution in [-0.2, 0) is 13.5 Å². The Kier molecular flexibility index (Phi) is 4.50. The zero-order valence-electron chi connectivity index (χ0n) is 18.0. The topological polar surface area (TPSA) is 63.9 Å². The summed E-state index contributed by atoms with van der Waals surface area (Å²) < 4.78 is 29.6. The predicted molar refractivity (Wildman–Crippen MR) is 118 cm³/mol. The standard InChI is InChI=1S/C25H21F2N5O/c1-31-24(14-9-15(26)11-16(27)10-14)19-12-17-3-2-4-22(23(19)30-31)32(17)25(33)18-5-8-29-21-6-7-28-13-20(18)21/h5-11,13,17,22H,2-4,12H2,1H3/t17-,22+/m0/s1. The van der Waals surface area contributed by atoms with Crippen LogP contribution < -0.4 is 0 Å². The summed E-state index contributed by atoms with van der Waals surface area (Å²) in [5.41, 5.74) is 4.28. The van der Waals surface area contributed by atoms with Crippen LogP contribution in [0.1, 0.15) is 46.9 Å². The lowest BCUT2D eigenvalue weighted by atomic mass is 9.81. The molecule has 6 nitrogen and oxygen atoms in total. The van der Waals surface area contributed by atoms with Gasteiger partial charge in [0, 0.05) is 54.3 Å². The van der Waals surface area contributed by atoms with Crippen LogP contribution in [0.5, 0.6) is 0 Å². The molecule has 6 rings (SSSR count). The molecule has 2 bridgehead atoms. The molecule has 2 aliphatic rings. The molecule has 33 heavy (non-hydrogen) atoms. The Labute approximate surface area is 188 Å². The molecule has 8 heteroatoms. The minimum atomic E-state index is -0.620. The van der Waals surface area contributed by atoms with Crippen LogP contribution in [-0.4, -0.2) is 36.6 Å². The van der Waals surface area contributed by atoms with E-state index >= 15 is 0 Å². The van der Waals surface area contributed by atoms with E-state index in [0.29, 0.717) is 23.2 Å². The maximum atomic E-state index is 14.0. The number of hydrogen-bond donors (Lipinski definition) is 0. The molecule has 5 heterocycles. The highest BCUT2D eigenvalue weighted by atomic mass is 19.1. The minimum absolute atomic E-state index is 0.00927. The number of rotatable bonds is 2. The largest absolute Gasteiger partial charge is 0.327 e. The zero-order valence-corrected chi connectivity index (χ0v) is 18.0. The van der Waals surface area contributed by atoms with Gasteiger partial charge >= 0.3 is 0 Å². The predicted octanol–water partition coefficient (Wildman–Crippen LogP) is 4.60. The first-order valence-electron chi connectivity index (χ1n) is 11.0. The number of pyridine rings is 2. The van der Waals surface area contributed by atoms with Gasteiger partial charge < -0.3 is 4.90 Å². The minimum Gasteiger partial charge on any atom is -0.327 e. The van der Waals surface area contributed by atoms with E-state index in [1.54, 1.807) is 42.5 Å². The van der Waals surface area contributed by atoms with E-state index < -0.39 is 11.6 Å². The van der Waals surface area contributed by atoms with Crippen LogP contribution >= 0.6 is 0 Å². The average molecular weight is 445 g/mol. The van der Waals surface area contributed by atoms with E-state index in [1.807, 2.05) is 4.90 Å². The van der Waals surface area contributed by atoms with Gasteiger partial charge in [-0.2, -0.15) is 5.10 Å². The number of amides is 1. The summed E-state index contributed by atoms with van der Waals surface area (Å²) in [4.78, 5) is 24.3. The highest BCUT2D eigenvalue weighted by molar-refractivity contribution is 6.06. The molecule has 1 amide bonds. The summed E-state index contributed by atoms with van der Waals surface area (Å²) in [5.74, 6) is -1.29. The SMILES string of the molecule is Cn1nc2c(c1-c1cc(F)cc(F)c1)C[C@@H]1CCC[C@H]2N1C(=O)c1ccnc2ccncc12. The Balaban J connectivity index is 1.46. The third-order valence-electron chi connectivity index (χ3n) is 6.82. The molecule has 0 saturated carbocycles. The van der Waals surface area contributed by atoms with E-state index in [1.165, 1.54) is 12.1 Å². The highest BCUT2D eigenvalue weighted by Gasteiger charge is 2.43. The van der Waals surface area contributed by atoms with Crippen LogP contribution in [0.25, 0.3) is 22.2 Å². The van der Waals surface area contributed by atoms with Gasteiger partial charge in [-0.3, -0.25) is 19.4 Å². The molecule has 166 valence electrons.